The van der Waals surface area contributed by atoms with Gasteiger partial charge in [-0.25, -0.2) is 9.78 Å². The van der Waals surface area contributed by atoms with Gasteiger partial charge in [0.05, 0.1) is 11.5 Å². The number of hydrogen-bond donors (Lipinski definition) is 1. The molecule has 1 rings (SSSR count). The zero-order chi connectivity index (χ0) is 14.3. The molecule has 1 aromatic heterocycles. The van der Waals surface area contributed by atoms with Gasteiger partial charge in [-0.3, -0.25) is 0 Å². The molecule has 0 radical (unpaired) electrons. The molecule has 0 atom stereocenters. The third kappa shape index (κ3) is 5.75. The summed E-state index contributed by atoms with van der Waals surface area (Å²) >= 11 is 1.62. The van der Waals surface area contributed by atoms with Crippen molar-refractivity contribution >= 4 is 17.7 Å². The van der Waals surface area contributed by atoms with Crippen molar-refractivity contribution < 1.29 is 9.90 Å². The predicted molar refractivity (Wildman–Crippen MR) is 75.2 cm³/mol. The van der Waals surface area contributed by atoms with Gasteiger partial charge in [0, 0.05) is 11.1 Å². The Kier molecular flexibility index (Phi) is 5.84. The number of nitriles is 1. The predicted octanol–water partition coefficient (Wildman–Crippen LogP) is 3.59. The highest BCUT2D eigenvalue weighted by Gasteiger charge is 2.15. The number of carboxylic acids is 1. The fraction of sp³-hybridized carbons (Fsp3) is 0.500. The van der Waals surface area contributed by atoms with Gasteiger partial charge in [-0.05, 0) is 44.6 Å². The molecule has 1 heterocycles. The highest BCUT2D eigenvalue weighted by atomic mass is 32.2. The van der Waals surface area contributed by atoms with Gasteiger partial charge in [0.2, 0.25) is 0 Å². The Hall–Kier alpha value is -1.54. The number of nitrogens with zero attached hydrogens (tertiary/aromatic N) is 2. The van der Waals surface area contributed by atoms with Crippen LogP contribution in [0, 0.1) is 16.7 Å². The first-order valence-corrected chi connectivity index (χ1v) is 7.16. The van der Waals surface area contributed by atoms with Crippen molar-refractivity contribution in [1.29, 1.82) is 5.26 Å². The highest BCUT2D eigenvalue weighted by Crippen LogP contribution is 2.24. The van der Waals surface area contributed by atoms with Gasteiger partial charge in [0.1, 0.15) is 5.69 Å². The van der Waals surface area contributed by atoms with Crippen molar-refractivity contribution in [1.82, 2.24) is 4.98 Å². The molecule has 0 saturated carbocycles. The van der Waals surface area contributed by atoms with E-state index in [1.165, 1.54) is 6.20 Å². The Balaban J connectivity index is 2.32. The number of carbonyl (C=O) groups is 1. The largest absolute Gasteiger partial charge is 0.477 e. The van der Waals surface area contributed by atoms with Crippen molar-refractivity contribution in [2.45, 2.75) is 38.0 Å². The number of rotatable bonds is 7. The second-order valence-electron chi connectivity index (χ2n) is 4.98. The molecule has 102 valence electrons. The van der Waals surface area contributed by atoms with Crippen LogP contribution in [0.5, 0.6) is 0 Å². The zero-order valence-electron chi connectivity index (χ0n) is 11.2. The third-order valence-electron chi connectivity index (χ3n) is 2.72. The first-order valence-electron chi connectivity index (χ1n) is 6.18. The van der Waals surface area contributed by atoms with E-state index in [1.54, 1.807) is 17.8 Å². The van der Waals surface area contributed by atoms with Crippen LogP contribution in [0.2, 0.25) is 0 Å². The molecule has 0 aliphatic rings. The van der Waals surface area contributed by atoms with E-state index in [1.807, 2.05) is 19.9 Å². The smallest absolute Gasteiger partial charge is 0.354 e. The molecule has 4 nitrogen and oxygen atoms in total. The van der Waals surface area contributed by atoms with E-state index in [0.717, 1.165) is 29.9 Å². The van der Waals surface area contributed by atoms with Crippen LogP contribution in [-0.2, 0) is 0 Å². The van der Waals surface area contributed by atoms with Crippen LogP contribution in [0.25, 0.3) is 0 Å². The second kappa shape index (κ2) is 7.15. The molecule has 0 unspecified atom stereocenters. The minimum absolute atomic E-state index is 0.0793. The van der Waals surface area contributed by atoms with E-state index in [-0.39, 0.29) is 11.1 Å². The number of aromatic carboxylic acids is 1. The third-order valence-corrected chi connectivity index (χ3v) is 3.80. The van der Waals surface area contributed by atoms with Crippen molar-refractivity contribution in [3.8, 4) is 6.07 Å². The maximum absolute atomic E-state index is 10.8. The number of unbranched alkanes of at least 4 members (excludes halogenated alkanes) is 1. The van der Waals surface area contributed by atoms with E-state index >= 15 is 0 Å². The lowest BCUT2D eigenvalue weighted by Gasteiger charge is -2.13. The minimum atomic E-state index is -1.00. The molecule has 0 aliphatic carbocycles. The molecule has 1 aromatic rings. The van der Waals surface area contributed by atoms with Crippen LogP contribution in [-0.4, -0.2) is 21.8 Å². The van der Waals surface area contributed by atoms with E-state index in [0.29, 0.717) is 0 Å². The van der Waals surface area contributed by atoms with E-state index in [2.05, 4.69) is 11.1 Å². The lowest BCUT2D eigenvalue weighted by atomic mass is 9.89. The van der Waals surface area contributed by atoms with Gasteiger partial charge in [-0.2, -0.15) is 5.26 Å². The molecule has 0 saturated heterocycles. The van der Waals surface area contributed by atoms with Crippen LogP contribution >= 0.6 is 11.8 Å². The molecule has 0 aromatic carbocycles. The standard InChI is InChI=1S/C14H18N2O2S/c1-14(2,10-15)6-3-4-8-19-11-5-7-16-12(9-11)13(17)18/h5,7,9H,3-4,6,8H2,1-2H3,(H,17,18). The maximum Gasteiger partial charge on any atom is 0.354 e. The maximum atomic E-state index is 10.8. The Morgan fingerprint density at radius 2 is 2.26 bits per heavy atom. The number of hydrogen-bond acceptors (Lipinski definition) is 4. The second-order valence-corrected chi connectivity index (χ2v) is 6.15. The molecule has 0 spiro atoms. The average molecular weight is 278 g/mol. The summed E-state index contributed by atoms with van der Waals surface area (Å²) in [6, 6.07) is 5.69. The van der Waals surface area contributed by atoms with Crippen molar-refractivity contribution in [3.63, 3.8) is 0 Å². The van der Waals surface area contributed by atoms with Gasteiger partial charge in [-0.15, -0.1) is 11.8 Å². The van der Waals surface area contributed by atoms with Crippen LogP contribution in [0.3, 0.4) is 0 Å². The van der Waals surface area contributed by atoms with Gasteiger partial charge in [-0.1, -0.05) is 6.42 Å². The highest BCUT2D eigenvalue weighted by molar-refractivity contribution is 7.99. The Bertz CT molecular complexity index is 481. The van der Waals surface area contributed by atoms with E-state index in [9.17, 15) is 4.79 Å². The summed E-state index contributed by atoms with van der Waals surface area (Å²) in [6.45, 7) is 3.89. The van der Waals surface area contributed by atoms with E-state index < -0.39 is 5.97 Å². The molecule has 0 aliphatic heterocycles. The summed E-state index contributed by atoms with van der Waals surface area (Å²) in [5.74, 6) is -0.0804. The minimum Gasteiger partial charge on any atom is -0.477 e. The monoisotopic (exact) mass is 278 g/mol. The molecular weight excluding hydrogens is 260 g/mol. The lowest BCUT2D eigenvalue weighted by Crippen LogP contribution is -2.07. The average Bonchev–Trinajstić information content (AvgIpc) is 2.38. The van der Waals surface area contributed by atoms with Gasteiger partial charge in [0.25, 0.3) is 0 Å². The topological polar surface area (TPSA) is 74.0 Å². The molecule has 0 amide bonds. The molecular formula is C14H18N2O2S. The summed E-state index contributed by atoms with van der Waals surface area (Å²) in [6.07, 6.45) is 4.43. The van der Waals surface area contributed by atoms with Gasteiger partial charge < -0.3 is 5.11 Å². The SMILES string of the molecule is CC(C)(C#N)CCCCSc1ccnc(C(=O)O)c1. The van der Waals surface area contributed by atoms with Gasteiger partial charge >= 0.3 is 5.97 Å². The molecule has 0 fully saturated rings. The summed E-state index contributed by atoms with van der Waals surface area (Å²) in [5, 5.41) is 17.7. The molecule has 1 N–H and O–H groups in total. The summed E-state index contributed by atoms with van der Waals surface area (Å²) in [4.78, 5) is 15.5. The van der Waals surface area contributed by atoms with Gasteiger partial charge in [0.15, 0.2) is 0 Å². The Morgan fingerprint density at radius 1 is 1.53 bits per heavy atom. The summed E-state index contributed by atoms with van der Waals surface area (Å²) in [5.41, 5.74) is -0.173. The number of carboxylic acid groups (broad SMARTS) is 1. The summed E-state index contributed by atoms with van der Waals surface area (Å²) in [7, 11) is 0. The van der Waals surface area contributed by atoms with Crippen LogP contribution in [0.4, 0.5) is 0 Å². The van der Waals surface area contributed by atoms with Crippen molar-refractivity contribution in [3.05, 3.63) is 24.0 Å². The normalized spacial score (nSPS) is 11.0. The number of pyridine rings is 1. The zero-order valence-corrected chi connectivity index (χ0v) is 12.0. The fourth-order valence-electron chi connectivity index (χ4n) is 1.53. The van der Waals surface area contributed by atoms with Crippen LogP contribution < -0.4 is 0 Å². The Labute approximate surface area is 117 Å². The molecule has 19 heavy (non-hydrogen) atoms. The first-order chi connectivity index (χ1) is 8.94. The quantitative estimate of drug-likeness (QED) is 0.609. The fourth-order valence-corrected chi connectivity index (χ4v) is 2.47. The van der Waals surface area contributed by atoms with E-state index in [4.69, 9.17) is 10.4 Å². The van der Waals surface area contributed by atoms with Crippen molar-refractivity contribution in [2.75, 3.05) is 5.75 Å². The Morgan fingerprint density at radius 3 is 2.89 bits per heavy atom. The molecule has 0 bridgehead atoms. The van der Waals surface area contributed by atoms with Crippen molar-refractivity contribution in [2.24, 2.45) is 5.41 Å². The van der Waals surface area contributed by atoms with Crippen LogP contribution in [0.1, 0.15) is 43.6 Å². The number of thioether (sulfide) groups is 1. The lowest BCUT2D eigenvalue weighted by molar-refractivity contribution is 0.0690. The summed E-state index contributed by atoms with van der Waals surface area (Å²) < 4.78 is 0. The molecule has 5 heteroatoms. The van der Waals surface area contributed by atoms with Crippen LogP contribution in [0.15, 0.2) is 23.2 Å². The number of aromatic nitrogens is 1. The first kappa shape index (κ1) is 15.5.